The van der Waals surface area contributed by atoms with Crippen LogP contribution in [0.1, 0.15) is 25.7 Å². The predicted molar refractivity (Wildman–Crippen MR) is 52.1 cm³/mol. The van der Waals surface area contributed by atoms with E-state index in [1.807, 2.05) is 0 Å². The van der Waals surface area contributed by atoms with Crippen LogP contribution in [0.25, 0.3) is 0 Å². The average Bonchev–Trinajstić information content (AvgIpc) is 2.77. The summed E-state index contributed by atoms with van der Waals surface area (Å²) < 4.78 is 22.5. The first-order valence-electron chi connectivity index (χ1n) is 5.03. The summed E-state index contributed by atoms with van der Waals surface area (Å²) in [5.74, 6) is 1.90. The van der Waals surface area contributed by atoms with Gasteiger partial charge in [-0.1, -0.05) is 12.8 Å². The molecule has 2 rings (SSSR count). The molecule has 0 aromatic heterocycles. The molecule has 3 nitrogen and oxygen atoms in total. The number of hydrogen-bond donors (Lipinski definition) is 1. The molecule has 0 aromatic rings. The fourth-order valence-electron chi connectivity index (χ4n) is 2.13. The van der Waals surface area contributed by atoms with Crippen molar-refractivity contribution in [2.45, 2.75) is 31.7 Å². The first-order chi connectivity index (χ1) is 6.07. The van der Waals surface area contributed by atoms with E-state index < -0.39 is 9.84 Å². The minimum atomic E-state index is -2.81. The molecule has 0 aromatic carbocycles. The van der Waals surface area contributed by atoms with E-state index in [1.54, 1.807) is 0 Å². The molecule has 0 bridgehead atoms. The van der Waals surface area contributed by atoms with Crippen LogP contribution >= 0.6 is 0 Å². The maximum absolute atomic E-state index is 11.2. The first kappa shape index (κ1) is 9.46. The lowest BCUT2D eigenvalue weighted by molar-refractivity contribution is 0.368. The molecule has 1 saturated carbocycles. The Hall–Kier alpha value is -0.0900. The van der Waals surface area contributed by atoms with Gasteiger partial charge in [-0.3, -0.25) is 0 Å². The third-order valence-corrected chi connectivity index (χ3v) is 4.94. The van der Waals surface area contributed by atoms with Crippen LogP contribution in [0.5, 0.6) is 0 Å². The highest BCUT2D eigenvalue weighted by Crippen LogP contribution is 2.38. The molecular weight excluding hydrogens is 186 g/mol. The number of nitrogens with two attached hydrogens (primary N) is 1. The number of rotatable bonds is 2. The fraction of sp³-hybridized carbons (Fsp3) is 1.00. The highest BCUT2D eigenvalue weighted by Gasteiger charge is 2.34. The highest BCUT2D eigenvalue weighted by molar-refractivity contribution is 7.91. The summed E-state index contributed by atoms with van der Waals surface area (Å²) in [6.07, 6.45) is 4.61. The Bertz CT molecular complexity index is 282. The van der Waals surface area contributed by atoms with Crippen molar-refractivity contribution in [1.82, 2.24) is 0 Å². The Balaban J connectivity index is 1.92. The largest absolute Gasteiger partial charge is 0.327 e. The van der Waals surface area contributed by atoms with Crippen LogP contribution in [0.15, 0.2) is 0 Å². The lowest BCUT2D eigenvalue weighted by Gasteiger charge is -2.28. The molecule has 2 aliphatic rings. The van der Waals surface area contributed by atoms with E-state index in [4.69, 9.17) is 5.73 Å². The van der Waals surface area contributed by atoms with E-state index in [0.29, 0.717) is 11.7 Å². The van der Waals surface area contributed by atoms with Crippen LogP contribution in [-0.2, 0) is 9.84 Å². The van der Waals surface area contributed by atoms with Crippen molar-refractivity contribution in [3.05, 3.63) is 0 Å². The summed E-state index contributed by atoms with van der Waals surface area (Å²) >= 11 is 0. The molecule has 76 valence electrons. The summed E-state index contributed by atoms with van der Waals surface area (Å²) in [7, 11) is -2.81. The maximum Gasteiger partial charge on any atom is 0.151 e. The predicted octanol–water partition coefficient (Wildman–Crippen LogP) is 0.548. The van der Waals surface area contributed by atoms with E-state index in [2.05, 4.69) is 0 Å². The summed E-state index contributed by atoms with van der Waals surface area (Å²) in [6.45, 7) is 0. The number of sulfone groups is 1. The van der Waals surface area contributed by atoms with Gasteiger partial charge in [-0.05, 0) is 24.7 Å². The van der Waals surface area contributed by atoms with Crippen LogP contribution in [0.3, 0.4) is 0 Å². The molecule has 1 heterocycles. The molecule has 0 amide bonds. The van der Waals surface area contributed by atoms with Gasteiger partial charge in [-0.25, -0.2) is 8.42 Å². The Labute approximate surface area is 79.6 Å². The number of hydrogen-bond acceptors (Lipinski definition) is 3. The van der Waals surface area contributed by atoms with Gasteiger partial charge in [0, 0.05) is 6.04 Å². The summed E-state index contributed by atoms with van der Waals surface area (Å²) in [4.78, 5) is 0. The molecule has 2 unspecified atom stereocenters. The summed E-state index contributed by atoms with van der Waals surface area (Å²) in [6, 6.07) is -0.0978. The third-order valence-electron chi connectivity index (χ3n) is 3.18. The van der Waals surface area contributed by atoms with E-state index in [1.165, 1.54) is 12.8 Å². The standard InChI is InChI=1S/C9H17NO2S/c10-9-6-13(11,12)4-3-8(9)5-7-1-2-7/h7-9H,1-6,10H2. The van der Waals surface area contributed by atoms with Gasteiger partial charge in [0.05, 0.1) is 11.5 Å². The van der Waals surface area contributed by atoms with Crippen molar-refractivity contribution >= 4 is 9.84 Å². The fourth-order valence-corrected chi connectivity index (χ4v) is 3.82. The van der Waals surface area contributed by atoms with Gasteiger partial charge < -0.3 is 5.73 Å². The molecule has 13 heavy (non-hydrogen) atoms. The Morgan fingerprint density at radius 2 is 1.92 bits per heavy atom. The van der Waals surface area contributed by atoms with E-state index in [9.17, 15) is 8.42 Å². The van der Waals surface area contributed by atoms with Crippen molar-refractivity contribution in [2.24, 2.45) is 17.6 Å². The molecule has 4 heteroatoms. The van der Waals surface area contributed by atoms with E-state index >= 15 is 0 Å². The molecule has 1 aliphatic carbocycles. The van der Waals surface area contributed by atoms with Crippen LogP contribution in [0, 0.1) is 11.8 Å². The van der Waals surface area contributed by atoms with Crippen molar-refractivity contribution in [3.63, 3.8) is 0 Å². The zero-order chi connectivity index (χ0) is 9.47. The van der Waals surface area contributed by atoms with Crippen LogP contribution in [-0.4, -0.2) is 26.0 Å². The quantitative estimate of drug-likeness (QED) is 0.713. The lowest BCUT2D eigenvalue weighted by Crippen LogP contribution is -2.43. The van der Waals surface area contributed by atoms with Crippen LogP contribution in [0.2, 0.25) is 0 Å². The second-order valence-electron chi connectivity index (χ2n) is 4.51. The molecule has 1 aliphatic heterocycles. The van der Waals surface area contributed by atoms with Gasteiger partial charge >= 0.3 is 0 Å². The smallest absolute Gasteiger partial charge is 0.151 e. The summed E-state index contributed by atoms with van der Waals surface area (Å²) in [5, 5.41) is 0. The zero-order valence-electron chi connectivity index (χ0n) is 7.78. The van der Waals surface area contributed by atoms with Crippen molar-refractivity contribution in [1.29, 1.82) is 0 Å². The minimum absolute atomic E-state index is 0.0978. The monoisotopic (exact) mass is 203 g/mol. The zero-order valence-corrected chi connectivity index (χ0v) is 8.59. The second kappa shape index (κ2) is 3.24. The van der Waals surface area contributed by atoms with Gasteiger partial charge in [0.1, 0.15) is 0 Å². The molecule has 2 N–H and O–H groups in total. The highest BCUT2D eigenvalue weighted by atomic mass is 32.2. The van der Waals surface area contributed by atoms with Crippen molar-refractivity contribution in [2.75, 3.05) is 11.5 Å². The van der Waals surface area contributed by atoms with Crippen molar-refractivity contribution < 1.29 is 8.42 Å². The van der Waals surface area contributed by atoms with Gasteiger partial charge in [0.25, 0.3) is 0 Å². The van der Waals surface area contributed by atoms with Crippen LogP contribution < -0.4 is 5.73 Å². The lowest BCUT2D eigenvalue weighted by atomic mass is 9.92. The third kappa shape index (κ3) is 2.44. The van der Waals surface area contributed by atoms with Gasteiger partial charge in [0.15, 0.2) is 9.84 Å². The Morgan fingerprint density at radius 3 is 2.46 bits per heavy atom. The minimum Gasteiger partial charge on any atom is -0.327 e. The average molecular weight is 203 g/mol. The normalized spacial score (nSPS) is 38.8. The first-order valence-corrected chi connectivity index (χ1v) is 6.85. The van der Waals surface area contributed by atoms with Crippen molar-refractivity contribution in [3.8, 4) is 0 Å². The molecule has 0 spiro atoms. The van der Waals surface area contributed by atoms with E-state index in [0.717, 1.165) is 18.8 Å². The van der Waals surface area contributed by atoms with Gasteiger partial charge in [-0.2, -0.15) is 0 Å². The van der Waals surface area contributed by atoms with Gasteiger partial charge in [0.2, 0.25) is 0 Å². The molecule has 1 saturated heterocycles. The Morgan fingerprint density at radius 1 is 1.23 bits per heavy atom. The molecule has 2 atom stereocenters. The summed E-state index contributed by atoms with van der Waals surface area (Å²) in [5.41, 5.74) is 5.85. The maximum atomic E-state index is 11.2. The SMILES string of the molecule is NC1CS(=O)(=O)CCC1CC1CC1. The molecular formula is C9H17NO2S. The Kier molecular flexibility index (Phi) is 2.36. The molecule has 2 fully saturated rings. The second-order valence-corrected chi connectivity index (χ2v) is 6.73. The topological polar surface area (TPSA) is 60.2 Å². The molecule has 0 radical (unpaired) electrons. The van der Waals surface area contributed by atoms with Crippen LogP contribution in [0.4, 0.5) is 0 Å². The van der Waals surface area contributed by atoms with E-state index in [-0.39, 0.29) is 11.8 Å². The van der Waals surface area contributed by atoms with Gasteiger partial charge in [-0.15, -0.1) is 0 Å².